The number of rotatable bonds is 15. The summed E-state index contributed by atoms with van der Waals surface area (Å²) < 4.78 is 36.9. The molecule has 1 aromatic heterocycles. The summed E-state index contributed by atoms with van der Waals surface area (Å²) >= 11 is 1.47. The number of aromatic hydroxyl groups is 1. The van der Waals surface area contributed by atoms with Gasteiger partial charge >= 0.3 is 5.97 Å². The van der Waals surface area contributed by atoms with Crippen LogP contribution in [-0.2, 0) is 14.3 Å². The highest BCUT2D eigenvalue weighted by molar-refractivity contribution is 7.22. The molecule has 0 fully saturated rings. The van der Waals surface area contributed by atoms with E-state index in [0.29, 0.717) is 50.2 Å². The molecule has 0 aliphatic rings. The monoisotopic (exact) mass is 555 g/mol. The first-order valence-electron chi connectivity index (χ1n) is 12.4. The molecule has 10 heteroatoms. The average molecular weight is 556 g/mol. The highest BCUT2D eigenvalue weighted by Gasteiger charge is 2.17. The van der Waals surface area contributed by atoms with E-state index in [2.05, 4.69) is 4.90 Å². The van der Waals surface area contributed by atoms with Crippen LogP contribution in [0.2, 0.25) is 0 Å². The van der Waals surface area contributed by atoms with Gasteiger partial charge in [0.15, 0.2) is 5.75 Å². The minimum absolute atomic E-state index is 0.170. The number of carboxylic acids is 1. The fourth-order valence-corrected chi connectivity index (χ4v) is 4.88. The summed E-state index contributed by atoms with van der Waals surface area (Å²) in [5.41, 5.74) is 0.827. The third-order valence-corrected chi connectivity index (χ3v) is 6.92. The minimum atomic E-state index is -0.995. The van der Waals surface area contributed by atoms with Crippen LogP contribution in [0, 0.1) is 5.82 Å². The zero-order chi connectivity index (χ0) is 27.6. The number of carboxylic acid groups (broad SMARTS) is 1. The molecule has 0 spiro atoms. The van der Waals surface area contributed by atoms with Crippen molar-refractivity contribution < 1.29 is 38.3 Å². The van der Waals surface area contributed by atoms with Gasteiger partial charge in [-0.15, -0.1) is 11.3 Å². The van der Waals surface area contributed by atoms with Crippen LogP contribution in [0.5, 0.6) is 23.0 Å². The molecule has 0 bridgehead atoms. The van der Waals surface area contributed by atoms with Gasteiger partial charge in [-0.1, -0.05) is 12.1 Å². The maximum atomic E-state index is 13.5. The Morgan fingerprint density at radius 2 is 1.59 bits per heavy atom. The van der Waals surface area contributed by atoms with Gasteiger partial charge in [-0.05, 0) is 67.2 Å². The van der Waals surface area contributed by atoms with Gasteiger partial charge in [0, 0.05) is 23.2 Å². The van der Waals surface area contributed by atoms with Gasteiger partial charge in [-0.2, -0.15) is 0 Å². The van der Waals surface area contributed by atoms with E-state index in [-0.39, 0.29) is 24.8 Å². The number of phenols is 1. The molecule has 0 saturated carbocycles. The summed E-state index contributed by atoms with van der Waals surface area (Å²) in [6.45, 7) is 2.69. The van der Waals surface area contributed by atoms with E-state index in [0.717, 1.165) is 20.5 Å². The van der Waals surface area contributed by atoms with Crippen LogP contribution in [-0.4, -0.2) is 74.3 Å². The summed E-state index contributed by atoms with van der Waals surface area (Å²) in [5.74, 6) is 0.846. The second-order valence-corrected chi connectivity index (χ2v) is 9.78. The minimum Gasteiger partial charge on any atom is -0.508 e. The van der Waals surface area contributed by atoms with Crippen LogP contribution >= 0.6 is 11.3 Å². The molecule has 1 heterocycles. The van der Waals surface area contributed by atoms with Crippen LogP contribution in [0.1, 0.15) is 0 Å². The number of hydrogen-bond donors (Lipinski definition) is 2. The number of fused-ring (bicyclic) bond motifs is 1. The molecule has 0 aliphatic carbocycles. The molecule has 0 atom stereocenters. The van der Waals surface area contributed by atoms with Crippen molar-refractivity contribution in [2.45, 2.75) is 0 Å². The molecule has 0 radical (unpaired) electrons. The molecule has 0 saturated heterocycles. The van der Waals surface area contributed by atoms with Crippen molar-refractivity contribution in [2.24, 2.45) is 0 Å². The maximum absolute atomic E-state index is 13.5. The third-order valence-electron chi connectivity index (χ3n) is 5.73. The molecule has 206 valence electrons. The lowest BCUT2D eigenvalue weighted by Gasteiger charge is -2.17. The first kappa shape index (κ1) is 28.3. The van der Waals surface area contributed by atoms with Gasteiger partial charge in [-0.3, -0.25) is 0 Å². The predicted octanol–water partition coefficient (Wildman–Crippen LogP) is 5.63. The van der Waals surface area contributed by atoms with Crippen LogP contribution in [0.3, 0.4) is 0 Å². The fraction of sp³-hybridized carbons (Fsp3) is 0.276. The molecule has 4 rings (SSSR count). The number of nitrogens with zero attached hydrogens (tertiary/aromatic N) is 1. The van der Waals surface area contributed by atoms with Crippen LogP contribution in [0.15, 0.2) is 66.7 Å². The zero-order valence-electron chi connectivity index (χ0n) is 21.5. The van der Waals surface area contributed by atoms with E-state index in [9.17, 15) is 14.3 Å². The number of aliphatic carboxylic acids is 1. The maximum Gasteiger partial charge on any atom is 0.329 e. The van der Waals surface area contributed by atoms with E-state index in [1.165, 1.54) is 23.5 Å². The SMILES string of the molecule is CN(CCOCCOCC(=O)O)CCOc1ccc(Oc2c(-c3ccc(F)cc3)sc3cc(O)ccc23)cc1. The summed E-state index contributed by atoms with van der Waals surface area (Å²) in [4.78, 5) is 13.3. The lowest BCUT2D eigenvalue weighted by atomic mass is 10.1. The third kappa shape index (κ3) is 8.39. The number of carbonyl (C=O) groups is 1. The first-order valence-corrected chi connectivity index (χ1v) is 13.2. The van der Waals surface area contributed by atoms with Gasteiger partial charge in [-0.25, -0.2) is 9.18 Å². The highest BCUT2D eigenvalue weighted by Crippen LogP contribution is 2.47. The van der Waals surface area contributed by atoms with Gasteiger partial charge < -0.3 is 34.1 Å². The van der Waals surface area contributed by atoms with Gasteiger partial charge in [0.25, 0.3) is 0 Å². The number of phenolic OH excluding ortho intramolecular Hbond substituents is 1. The molecule has 0 unspecified atom stereocenters. The molecule has 0 amide bonds. The Kier molecular flexibility index (Phi) is 10.1. The molecule has 0 aliphatic heterocycles. The molecule has 8 nitrogen and oxygen atoms in total. The number of likely N-dealkylation sites (N-methyl/N-ethyl adjacent to an activating group) is 1. The summed E-state index contributed by atoms with van der Waals surface area (Å²) in [5, 5.41) is 19.3. The molecule has 39 heavy (non-hydrogen) atoms. The second-order valence-electron chi connectivity index (χ2n) is 8.73. The van der Waals surface area contributed by atoms with E-state index >= 15 is 0 Å². The summed E-state index contributed by atoms with van der Waals surface area (Å²) in [6, 6.07) is 18.7. The van der Waals surface area contributed by atoms with Crippen molar-refractivity contribution in [3.63, 3.8) is 0 Å². The van der Waals surface area contributed by atoms with Crippen molar-refractivity contribution in [2.75, 3.05) is 53.2 Å². The van der Waals surface area contributed by atoms with E-state index in [1.54, 1.807) is 24.3 Å². The largest absolute Gasteiger partial charge is 0.508 e. The number of benzene rings is 3. The number of thiophene rings is 1. The number of ether oxygens (including phenoxy) is 4. The molecule has 4 aromatic rings. The Hall–Kier alpha value is -3.70. The second kappa shape index (κ2) is 13.9. The molecule has 2 N–H and O–H groups in total. The number of halogens is 1. The van der Waals surface area contributed by atoms with Gasteiger partial charge in [0.1, 0.15) is 36.3 Å². The summed E-state index contributed by atoms with van der Waals surface area (Å²) in [6.07, 6.45) is 0. The average Bonchev–Trinajstić information content (AvgIpc) is 3.26. The predicted molar refractivity (Wildman–Crippen MR) is 148 cm³/mol. The van der Waals surface area contributed by atoms with E-state index in [1.807, 2.05) is 37.4 Å². The molecular weight excluding hydrogens is 525 g/mol. The Labute approximate surface area is 229 Å². The van der Waals surface area contributed by atoms with Gasteiger partial charge in [0.2, 0.25) is 0 Å². The lowest BCUT2D eigenvalue weighted by molar-refractivity contribution is -0.142. The van der Waals surface area contributed by atoms with Crippen LogP contribution in [0.25, 0.3) is 20.5 Å². The topological polar surface area (TPSA) is 97.7 Å². The van der Waals surface area contributed by atoms with E-state index in [4.69, 9.17) is 24.1 Å². The smallest absolute Gasteiger partial charge is 0.329 e. The summed E-state index contributed by atoms with van der Waals surface area (Å²) in [7, 11) is 1.97. The van der Waals surface area contributed by atoms with Crippen LogP contribution < -0.4 is 9.47 Å². The Balaban J connectivity index is 1.29. The van der Waals surface area contributed by atoms with Crippen molar-refractivity contribution in [3.8, 4) is 33.4 Å². The zero-order valence-corrected chi connectivity index (χ0v) is 22.3. The van der Waals surface area contributed by atoms with Crippen molar-refractivity contribution >= 4 is 27.4 Å². The first-order chi connectivity index (χ1) is 18.9. The Morgan fingerprint density at radius 1 is 0.897 bits per heavy atom. The fourth-order valence-electron chi connectivity index (χ4n) is 3.71. The number of hydrogen-bond acceptors (Lipinski definition) is 8. The Bertz CT molecular complexity index is 1360. The highest BCUT2D eigenvalue weighted by atomic mass is 32.1. The standard InChI is InChI=1S/C29H30FNO7S/c1-31(12-14-35-16-17-36-19-27(33)34)13-15-37-23-7-9-24(10-8-23)38-28-25-11-6-22(32)18-26(25)39-29(28)20-2-4-21(30)5-3-20/h2-11,18,32H,12-17,19H2,1H3,(H,33,34). The van der Waals surface area contributed by atoms with Crippen molar-refractivity contribution in [1.29, 1.82) is 0 Å². The van der Waals surface area contributed by atoms with E-state index < -0.39 is 5.97 Å². The Morgan fingerprint density at radius 3 is 2.33 bits per heavy atom. The van der Waals surface area contributed by atoms with Crippen LogP contribution in [0.4, 0.5) is 4.39 Å². The quantitative estimate of drug-likeness (QED) is 0.182. The molecule has 3 aromatic carbocycles. The lowest BCUT2D eigenvalue weighted by Crippen LogP contribution is -2.28. The molecular formula is C29H30FNO7S. The van der Waals surface area contributed by atoms with Crippen molar-refractivity contribution in [3.05, 3.63) is 72.5 Å². The normalized spacial score (nSPS) is 11.3. The van der Waals surface area contributed by atoms with Crippen molar-refractivity contribution in [1.82, 2.24) is 4.90 Å². The van der Waals surface area contributed by atoms with Gasteiger partial charge in [0.05, 0.1) is 24.7 Å².